The van der Waals surface area contributed by atoms with Crippen molar-refractivity contribution in [1.82, 2.24) is 5.32 Å². The summed E-state index contributed by atoms with van der Waals surface area (Å²) in [7, 11) is 0. The number of benzene rings is 1. The summed E-state index contributed by atoms with van der Waals surface area (Å²) in [6.45, 7) is 0.483. The highest BCUT2D eigenvalue weighted by Gasteiger charge is 2.25. The van der Waals surface area contributed by atoms with Crippen LogP contribution in [0.1, 0.15) is 31.2 Å². The van der Waals surface area contributed by atoms with Gasteiger partial charge in [-0.1, -0.05) is 31.0 Å². The Labute approximate surface area is 114 Å². The van der Waals surface area contributed by atoms with Crippen LogP contribution in [0.4, 0.5) is 0 Å². The Hall–Kier alpha value is -1.55. The number of carbonyl (C=O) groups excluding carboxylic acids is 1. The molecular weight excluding hydrogens is 240 g/mol. The van der Waals surface area contributed by atoms with Gasteiger partial charge in [-0.2, -0.15) is 0 Å². The van der Waals surface area contributed by atoms with E-state index in [2.05, 4.69) is 5.32 Å². The van der Waals surface area contributed by atoms with Gasteiger partial charge >= 0.3 is 0 Å². The maximum Gasteiger partial charge on any atom is 0.224 e. The van der Waals surface area contributed by atoms with Crippen molar-refractivity contribution in [2.45, 2.75) is 38.1 Å². The predicted molar refractivity (Wildman–Crippen MR) is 74.8 cm³/mol. The van der Waals surface area contributed by atoms with E-state index in [0.717, 1.165) is 12.8 Å². The van der Waals surface area contributed by atoms with Gasteiger partial charge < -0.3 is 16.2 Å². The first-order chi connectivity index (χ1) is 9.20. The fourth-order valence-electron chi connectivity index (χ4n) is 2.82. The zero-order valence-corrected chi connectivity index (χ0v) is 11.1. The van der Waals surface area contributed by atoms with E-state index in [1.807, 2.05) is 6.07 Å². The molecule has 0 aromatic heterocycles. The van der Waals surface area contributed by atoms with E-state index in [4.69, 9.17) is 5.73 Å². The second kappa shape index (κ2) is 6.57. The van der Waals surface area contributed by atoms with Crippen molar-refractivity contribution in [2.24, 2.45) is 11.7 Å². The summed E-state index contributed by atoms with van der Waals surface area (Å²) >= 11 is 0. The number of hydrogen-bond acceptors (Lipinski definition) is 3. The molecule has 0 heterocycles. The Morgan fingerprint density at radius 3 is 2.68 bits per heavy atom. The summed E-state index contributed by atoms with van der Waals surface area (Å²) in [6, 6.07) is 7.00. The molecule has 1 aromatic rings. The predicted octanol–water partition coefficient (Wildman–Crippen LogP) is 1.57. The van der Waals surface area contributed by atoms with Gasteiger partial charge in [-0.15, -0.1) is 0 Å². The average Bonchev–Trinajstić information content (AvgIpc) is 2.92. The first-order valence-corrected chi connectivity index (χ1v) is 6.97. The molecule has 1 amide bonds. The van der Waals surface area contributed by atoms with E-state index in [9.17, 15) is 9.90 Å². The smallest absolute Gasteiger partial charge is 0.224 e. The summed E-state index contributed by atoms with van der Waals surface area (Å²) < 4.78 is 0. The molecule has 0 saturated heterocycles. The third-order valence-corrected chi connectivity index (χ3v) is 3.91. The maximum atomic E-state index is 12.0. The number of nitrogens with two attached hydrogens (primary N) is 1. The number of hydrogen-bond donors (Lipinski definition) is 3. The molecule has 0 aliphatic heterocycles. The third-order valence-electron chi connectivity index (χ3n) is 3.91. The lowest BCUT2D eigenvalue weighted by molar-refractivity contribution is -0.121. The standard InChI is InChI=1S/C15H22N2O2/c16-10-13(11-5-1-2-6-11)17-15(19)9-12-7-3-4-8-14(12)18/h3-4,7-8,11,13,18H,1-2,5-6,9-10,16H2,(H,17,19). The molecule has 0 bridgehead atoms. The van der Waals surface area contributed by atoms with Crippen molar-refractivity contribution < 1.29 is 9.90 Å². The number of rotatable bonds is 5. The molecule has 0 spiro atoms. The van der Waals surface area contributed by atoms with E-state index in [1.54, 1.807) is 18.2 Å². The van der Waals surface area contributed by atoms with Gasteiger partial charge in [-0.05, 0) is 24.8 Å². The maximum absolute atomic E-state index is 12.0. The Morgan fingerprint density at radius 2 is 2.05 bits per heavy atom. The summed E-state index contributed by atoms with van der Waals surface area (Å²) in [5.74, 6) is 0.616. The van der Waals surface area contributed by atoms with Crippen LogP contribution in [0.15, 0.2) is 24.3 Å². The van der Waals surface area contributed by atoms with Crippen LogP contribution in [0.25, 0.3) is 0 Å². The van der Waals surface area contributed by atoms with E-state index in [-0.39, 0.29) is 24.1 Å². The third kappa shape index (κ3) is 3.70. The van der Waals surface area contributed by atoms with Gasteiger partial charge in [0.15, 0.2) is 0 Å². The average molecular weight is 262 g/mol. The van der Waals surface area contributed by atoms with Gasteiger partial charge in [0.25, 0.3) is 0 Å². The Morgan fingerprint density at radius 1 is 1.37 bits per heavy atom. The molecule has 1 aliphatic rings. The minimum atomic E-state index is -0.0659. The van der Waals surface area contributed by atoms with E-state index in [1.165, 1.54) is 12.8 Å². The van der Waals surface area contributed by atoms with Gasteiger partial charge in [0.1, 0.15) is 5.75 Å². The second-order valence-corrected chi connectivity index (χ2v) is 5.26. The Balaban J connectivity index is 1.91. The summed E-state index contributed by atoms with van der Waals surface area (Å²) in [4.78, 5) is 12.0. The van der Waals surface area contributed by atoms with Gasteiger partial charge in [-0.25, -0.2) is 0 Å². The topological polar surface area (TPSA) is 75.3 Å². The fourth-order valence-corrected chi connectivity index (χ4v) is 2.82. The molecule has 1 saturated carbocycles. The number of phenols is 1. The Kier molecular flexibility index (Phi) is 4.80. The number of aromatic hydroxyl groups is 1. The quantitative estimate of drug-likeness (QED) is 0.754. The van der Waals surface area contributed by atoms with Crippen LogP contribution >= 0.6 is 0 Å². The van der Waals surface area contributed by atoms with Crippen LogP contribution in [0, 0.1) is 5.92 Å². The first kappa shape index (κ1) is 13.9. The van der Waals surface area contributed by atoms with E-state index < -0.39 is 0 Å². The second-order valence-electron chi connectivity index (χ2n) is 5.26. The van der Waals surface area contributed by atoms with Crippen LogP contribution in [0.2, 0.25) is 0 Å². The molecule has 4 N–H and O–H groups in total. The number of para-hydroxylation sites is 1. The molecular formula is C15H22N2O2. The van der Waals surface area contributed by atoms with E-state index >= 15 is 0 Å². The van der Waals surface area contributed by atoms with Crippen molar-refractivity contribution in [3.8, 4) is 5.75 Å². The molecule has 1 unspecified atom stereocenters. The van der Waals surface area contributed by atoms with Gasteiger partial charge in [-0.3, -0.25) is 4.79 Å². The normalized spacial score (nSPS) is 17.3. The lowest BCUT2D eigenvalue weighted by atomic mass is 9.98. The monoisotopic (exact) mass is 262 g/mol. The number of nitrogens with one attached hydrogen (secondary N) is 1. The Bertz CT molecular complexity index is 428. The molecule has 1 fully saturated rings. The van der Waals surface area contributed by atoms with Gasteiger partial charge in [0, 0.05) is 18.2 Å². The largest absolute Gasteiger partial charge is 0.508 e. The summed E-state index contributed by atoms with van der Waals surface area (Å²) in [6.07, 6.45) is 4.97. The molecule has 4 nitrogen and oxygen atoms in total. The van der Waals surface area contributed by atoms with Crippen LogP contribution in [-0.4, -0.2) is 23.6 Å². The molecule has 104 valence electrons. The van der Waals surface area contributed by atoms with Crippen LogP contribution in [0.5, 0.6) is 5.75 Å². The van der Waals surface area contributed by atoms with Crippen LogP contribution in [0.3, 0.4) is 0 Å². The highest BCUT2D eigenvalue weighted by atomic mass is 16.3. The number of carbonyl (C=O) groups is 1. The molecule has 2 rings (SSSR count). The molecule has 0 radical (unpaired) electrons. The number of amides is 1. The minimum Gasteiger partial charge on any atom is -0.508 e. The molecule has 1 atom stereocenters. The summed E-state index contributed by atoms with van der Waals surface area (Å²) in [5.41, 5.74) is 6.41. The zero-order valence-electron chi connectivity index (χ0n) is 11.1. The molecule has 19 heavy (non-hydrogen) atoms. The minimum absolute atomic E-state index is 0.0659. The SMILES string of the molecule is NCC(NC(=O)Cc1ccccc1O)C1CCCC1. The van der Waals surface area contributed by atoms with Crippen LogP contribution in [-0.2, 0) is 11.2 Å². The van der Waals surface area contributed by atoms with Crippen molar-refractivity contribution >= 4 is 5.91 Å². The first-order valence-electron chi connectivity index (χ1n) is 6.97. The van der Waals surface area contributed by atoms with Gasteiger partial charge in [0.05, 0.1) is 6.42 Å². The molecule has 1 aromatic carbocycles. The molecule has 4 heteroatoms. The zero-order chi connectivity index (χ0) is 13.7. The number of phenolic OH excluding ortho intramolecular Hbond substituents is 1. The van der Waals surface area contributed by atoms with Gasteiger partial charge in [0.2, 0.25) is 5.91 Å². The van der Waals surface area contributed by atoms with Crippen molar-refractivity contribution in [3.05, 3.63) is 29.8 Å². The van der Waals surface area contributed by atoms with E-state index in [0.29, 0.717) is 18.0 Å². The lowest BCUT2D eigenvalue weighted by Gasteiger charge is -2.23. The highest BCUT2D eigenvalue weighted by Crippen LogP contribution is 2.27. The molecule has 1 aliphatic carbocycles. The van der Waals surface area contributed by atoms with Crippen molar-refractivity contribution in [3.63, 3.8) is 0 Å². The highest BCUT2D eigenvalue weighted by molar-refractivity contribution is 5.79. The summed E-state index contributed by atoms with van der Waals surface area (Å²) in [5, 5.41) is 12.7. The fraction of sp³-hybridized carbons (Fsp3) is 0.533. The van der Waals surface area contributed by atoms with Crippen molar-refractivity contribution in [1.29, 1.82) is 0 Å². The van der Waals surface area contributed by atoms with Crippen molar-refractivity contribution in [2.75, 3.05) is 6.54 Å². The lowest BCUT2D eigenvalue weighted by Crippen LogP contribution is -2.45. The van der Waals surface area contributed by atoms with Crippen LogP contribution < -0.4 is 11.1 Å².